The molecule has 0 saturated heterocycles. The van der Waals surface area contributed by atoms with Gasteiger partial charge in [-0.2, -0.15) is 5.10 Å². The van der Waals surface area contributed by atoms with E-state index < -0.39 is 6.10 Å². The second-order valence-electron chi connectivity index (χ2n) is 6.11. The summed E-state index contributed by atoms with van der Waals surface area (Å²) in [6, 6.07) is 11.9. The van der Waals surface area contributed by atoms with Gasteiger partial charge in [-0.3, -0.25) is 0 Å². The molecule has 4 heteroatoms. The van der Waals surface area contributed by atoms with Gasteiger partial charge in [-0.1, -0.05) is 31.0 Å². The number of rotatable bonds is 4. The summed E-state index contributed by atoms with van der Waals surface area (Å²) in [5, 5.41) is 15.5. The molecule has 1 aromatic heterocycles. The molecular formula is C17H23N3O. The van der Waals surface area contributed by atoms with E-state index in [9.17, 15) is 5.11 Å². The molecule has 1 heterocycles. The van der Waals surface area contributed by atoms with Crippen molar-refractivity contribution in [3.8, 4) is 5.69 Å². The minimum Gasteiger partial charge on any atom is -0.385 e. The molecular weight excluding hydrogens is 262 g/mol. The van der Waals surface area contributed by atoms with Crippen molar-refractivity contribution in [2.45, 2.75) is 37.3 Å². The monoisotopic (exact) mass is 285 g/mol. The number of nitrogens with zero attached hydrogens (tertiary/aromatic N) is 3. The summed E-state index contributed by atoms with van der Waals surface area (Å²) in [4.78, 5) is 2.19. The molecule has 1 aromatic carbocycles. The fourth-order valence-electron chi connectivity index (χ4n) is 3.53. The summed E-state index contributed by atoms with van der Waals surface area (Å²) < 4.78 is 1.86. The van der Waals surface area contributed by atoms with Gasteiger partial charge in [-0.05, 0) is 45.1 Å². The van der Waals surface area contributed by atoms with E-state index in [0.29, 0.717) is 0 Å². The van der Waals surface area contributed by atoms with Crippen molar-refractivity contribution >= 4 is 0 Å². The number of likely N-dealkylation sites (N-methyl/N-ethyl adjacent to an activating group) is 1. The Morgan fingerprint density at radius 2 is 1.81 bits per heavy atom. The fourth-order valence-corrected chi connectivity index (χ4v) is 3.53. The lowest BCUT2D eigenvalue weighted by Crippen LogP contribution is -2.47. The molecule has 1 aliphatic rings. The van der Waals surface area contributed by atoms with Crippen LogP contribution >= 0.6 is 0 Å². The van der Waals surface area contributed by atoms with Crippen LogP contribution < -0.4 is 0 Å². The lowest BCUT2D eigenvalue weighted by Gasteiger charge is -2.40. The van der Waals surface area contributed by atoms with Crippen LogP contribution in [0.4, 0.5) is 0 Å². The predicted octanol–water partition coefficient (Wildman–Crippen LogP) is 2.78. The second-order valence-corrected chi connectivity index (χ2v) is 6.11. The van der Waals surface area contributed by atoms with Gasteiger partial charge in [0.2, 0.25) is 0 Å². The minimum atomic E-state index is -0.530. The van der Waals surface area contributed by atoms with Crippen LogP contribution in [0.2, 0.25) is 0 Å². The highest BCUT2D eigenvalue weighted by molar-refractivity contribution is 5.33. The molecule has 0 radical (unpaired) electrons. The zero-order valence-electron chi connectivity index (χ0n) is 12.7. The standard InChI is InChI=1S/C17H23N3O/c1-19(2)17(11-6-7-12-17)16(21)15-10-13-18-20(15)14-8-4-3-5-9-14/h3-5,8-10,13,16,21H,6-7,11-12H2,1-2H3. The van der Waals surface area contributed by atoms with E-state index in [-0.39, 0.29) is 5.54 Å². The zero-order chi connectivity index (χ0) is 14.9. The van der Waals surface area contributed by atoms with Crippen molar-refractivity contribution in [1.82, 2.24) is 14.7 Å². The lowest BCUT2D eigenvalue weighted by molar-refractivity contribution is -0.00862. The first kappa shape index (κ1) is 14.3. The number of aromatic nitrogens is 2. The van der Waals surface area contributed by atoms with E-state index in [1.807, 2.05) is 41.1 Å². The van der Waals surface area contributed by atoms with Gasteiger partial charge in [0, 0.05) is 6.20 Å². The van der Waals surface area contributed by atoms with Crippen LogP contribution in [0.5, 0.6) is 0 Å². The summed E-state index contributed by atoms with van der Waals surface area (Å²) in [6.07, 6.45) is 5.65. The largest absolute Gasteiger partial charge is 0.385 e. The van der Waals surface area contributed by atoms with Crippen molar-refractivity contribution in [3.05, 3.63) is 48.3 Å². The Hall–Kier alpha value is -1.65. The number of aliphatic hydroxyl groups excluding tert-OH is 1. The number of aliphatic hydroxyl groups is 1. The lowest BCUT2D eigenvalue weighted by atomic mass is 9.87. The maximum absolute atomic E-state index is 11.1. The third-order valence-corrected chi connectivity index (χ3v) is 4.82. The molecule has 4 nitrogen and oxygen atoms in total. The van der Waals surface area contributed by atoms with Crippen LogP contribution in [0.25, 0.3) is 5.69 Å². The average Bonchev–Trinajstić information content (AvgIpc) is 3.17. The normalized spacial score (nSPS) is 19.0. The van der Waals surface area contributed by atoms with E-state index >= 15 is 0 Å². The van der Waals surface area contributed by atoms with Crippen molar-refractivity contribution < 1.29 is 5.11 Å². The molecule has 3 rings (SSSR count). The van der Waals surface area contributed by atoms with E-state index in [2.05, 4.69) is 24.1 Å². The van der Waals surface area contributed by atoms with Gasteiger partial charge in [0.15, 0.2) is 0 Å². The molecule has 1 N–H and O–H groups in total. The average molecular weight is 285 g/mol. The highest BCUT2D eigenvalue weighted by Gasteiger charge is 2.44. The van der Waals surface area contributed by atoms with Crippen molar-refractivity contribution in [1.29, 1.82) is 0 Å². The quantitative estimate of drug-likeness (QED) is 0.939. The smallest absolute Gasteiger partial charge is 0.114 e. The topological polar surface area (TPSA) is 41.3 Å². The predicted molar refractivity (Wildman–Crippen MR) is 83.4 cm³/mol. The molecule has 2 aromatic rings. The first-order valence-electron chi connectivity index (χ1n) is 7.60. The number of para-hydroxylation sites is 1. The summed E-state index contributed by atoms with van der Waals surface area (Å²) in [7, 11) is 4.13. The van der Waals surface area contributed by atoms with Gasteiger partial charge in [0.25, 0.3) is 0 Å². The first-order valence-corrected chi connectivity index (χ1v) is 7.60. The van der Waals surface area contributed by atoms with Gasteiger partial charge in [-0.15, -0.1) is 0 Å². The third kappa shape index (κ3) is 2.39. The van der Waals surface area contributed by atoms with Gasteiger partial charge >= 0.3 is 0 Å². The Labute approximate surface area is 126 Å². The Morgan fingerprint density at radius 1 is 1.14 bits per heavy atom. The van der Waals surface area contributed by atoms with E-state index in [1.54, 1.807) is 6.20 Å². The molecule has 1 atom stereocenters. The summed E-state index contributed by atoms with van der Waals surface area (Å²) >= 11 is 0. The summed E-state index contributed by atoms with van der Waals surface area (Å²) in [5.74, 6) is 0. The number of hydrogen-bond donors (Lipinski definition) is 1. The molecule has 112 valence electrons. The molecule has 21 heavy (non-hydrogen) atoms. The summed E-state index contributed by atoms with van der Waals surface area (Å²) in [6.45, 7) is 0. The Balaban J connectivity index is 1.99. The molecule has 0 bridgehead atoms. The highest BCUT2D eigenvalue weighted by Crippen LogP contribution is 2.43. The number of hydrogen-bond acceptors (Lipinski definition) is 3. The van der Waals surface area contributed by atoms with Crippen LogP contribution in [-0.4, -0.2) is 39.4 Å². The SMILES string of the molecule is CN(C)C1(C(O)c2ccnn2-c2ccccc2)CCCC1. The van der Waals surface area contributed by atoms with Crippen LogP contribution in [0.3, 0.4) is 0 Å². The van der Waals surface area contributed by atoms with E-state index in [4.69, 9.17) is 0 Å². The van der Waals surface area contributed by atoms with Gasteiger partial charge < -0.3 is 10.0 Å². The molecule has 1 aliphatic carbocycles. The van der Waals surface area contributed by atoms with E-state index in [1.165, 1.54) is 12.8 Å². The van der Waals surface area contributed by atoms with Crippen LogP contribution in [0.1, 0.15) is 37.5 Å². The van der Waals surface area contributed by atoms with Gasteiger partial charge in [-0.25, -0.2) is 4.68 Å². The number of benzene rings is 1. The maximum atomic E-state index is 11.1. The Bertz CT molecular complexity index is 585. The zero-order valence-corrected chi connectivity index (χ0v) is 12.7. The molecule has 1 unspecified atom stereocenters. The van der Waals surface area contributed by atoms with Crippen molar-refractivity contribution in [2.75, 3.05) is 14.1 Å². The minimum absolute atomic E-state index is 0.174. The molecule has 0 amide bonds. The highest BCUT2D eigenvalue weighted by atomic mass is 16.3. The fraction of sp³-hybridized carbons (Fsp3) is 0.471. The molecule has 0 aliphatic heterocycles. The molecule has 1 saturated carbocycles. The molecule has 0 spiro atoms. The summed E-state index contributed by atoms with van der Waals surface area (Å²) in [5.41, 5.74) is 1.69. The Morgan fingerprint density at radius 3 is 2.43 bits per heavy atom. The van der Waals surface area contributed by atoms with Crippen molar-refractivity contribution in [2.24, 2.45) is 0 Å². The maximum Gasteiger partial charge on any atom is 0.114 e. The second kappa shape index (κ2) is 5.62. The molecule has 1 fully saturated rings. The van der Waals surface area contributed by atoms with Gasteiger partial charge in [0.05, 0.1) is 16.9 Å². The Kier molecular flexibility index (Phi) is 3.83. The third-order valence-electron chi connectivity index (χ3n) is 4.82. The van der Waals surface area contributed by atoms with E-state index in [0.717, 1.165) is 24.2 Å². The van der Waals surface area contributed by atoms with Crippen molar-refractivity contribution in [3.63, 3.8) is 0 Å². The van der Waals surface area contributed by atoms with Gasteiger partial charge in [0.1, 0.15) is 6.10 Å². The van der Waals surface area contributed by atoms with Crippen LogP contribution in [0, 0.1) is 0 Å². The van der Waals surface area contributed by atoms with Crippen LogP contribution in [-0.2, 0) is 0 Å². The first-order chi connectivity index (χ1) is 10.1. The van der Waals surface area contributed by atoms with Crippen LogP contribution in [0.15, 0.2) is 42.6 Å².